The van der Waals surface area contributed by atoms with Crippen molar-refractivity contribution in [2.75, 3.05) is 0 Å². The lowest BCUT2D eigenvalue weighted by Crippen LogP contribution is -2.11. The van der Waals surface area contributed by atoms with Gasteiger partial charge in [0, 0.05) is 10.7 Å². The number of nitrogens with zero attached hydrogens (tertiary/aromatic N) is 1. The van der Waals surface area contributed by atoms with Crippen molar-refractivity contribution in [3.05, 3.63) is 52.3 Å². The summed E-state index contributed by atoms with van der Waals surface area (Å²) in [6.07, 6.45) is 3.32. The summed E-state index contributed by atoms with van der Waals surface area (Å²) in [6.45, 7) is 1.98. The van der Waals surface area contributed by atoms with Crippen LogP contribution >= 0.6 is 28.1 Å². The van der Waals surface area contributed by atoms with Gasteiger partial charge in [-0.25, -0.2) is 0 Å². The molecule has 3 nitrogen and oxygen atoms in total. The maximum Gasteiger partial charge on any atom is 0.146 e. The Morgan fingerprint density at radius 2 is 2.11 bits per heavy atom. The number of aromatic nitrogens is 1. The van der Waals surface area contributed by atoms with Crippen molar-refractivity contribution in [1.29, 1.82) is 0 Å². The van der Waals surface area contributed by atoms with Crippen LogP contribution in [0.2, 0.25) is 0 Å². The van der Waals surface area contributed by atoms with E-state index in [9.17, 15) is 0 Å². The Labute approximate surface area is 119 Å². The van der Waals surface area contributed by atoms with Crippen LogP contribution in [0.15, 0.2) is 41.1 Å². The first-order valence-electron chi connectivity index (χ1n) is 5.25. The van der Waals surface area contributed by atoms with Crippen molar-refractivity contribution >= 4 is 33.1 Å². The van der Waals surface area contributed by atoms with Crippen molar-refractivity contribution in [3.8, 4) is 11.5 Å². The van der Waals surface area contributed by atoms with Gasteiger partial charge in [-0.1, -0.05) is 23.8 Å². The van der Waals surface area contributed by atoms with E-state index < -0.39 is 0 Å². The molecule has 18 heavy (non-hydrogen) atoms. The van der Waals surface area contributed by atoms with Gasteiger partial charge in [-0.2, -0.15) is 0 Å². The number of hydrogen-bond donors (Lipinski definition) is 1. The second kappa shape index (κ2) is 5.46. The highest BCUT2D eigenvalue weighted by Gasteiger charge is 2.08. The molecule has 1 aromatic carbocycles. The lowest BCUT2D eigenvalue weighted by atomic mass is 10.1. The lowest BCUT2D eigenvalue weighted by molar-refractivity contribution is 0.479. The SMILES string of the molecule is Cc1ccc(Oc2cncc(Br)c2)c(C(N)=S)c1. The number of nitrogens with two attached hydrogens (primary N) is 1. The Morgan fingerprint density at radius 3 is 2.78 bits per heavy atom. The zero-order valence-corrected chi connectivity index (χ0v) is 12.1. The zero-order chi connectivity index (χ0) is 13.1. The standard InChI is InChI=1S/C13H11BrN2OS/c1-8-2-3-12(11(4-8)13(15)18)17-10-5-9(14)6-16-7-10/h2-7H,1H3,(H2,15,18). The molecule has 0 unspecified atom stereocenters. The molecule has 0 fully saturated rings. The minimum Gasteiger partial charge on any atom is -0.455 e. The van der Waals surface area contributed by atoms with Gasteiger partial charge in [-0.05, 0) is 41.1 Å². The summed E-state index contributed by atoms with van der Waals surface area (Å²) in [5.41, 5.74) is 7.50. The summed E-state index contributed by atoms with van der Waals surface area (Å²) in [6, 6.07) is 7.53. The van der Waals surface area contributed by atoms with Gasteiger partial charge in [0.05, 0.1) is 11.8 Å². The predicted molar refractivity (Wildman–Crippen MR) is 79.1 cm³/mol. The molecule has 2 rings (SSSR count). The highest BCUT2D eigenvalue weighted by atomic mass is 79.9. The van der Waals surface area contributed by atoms with Crippen LogP contribution in [0.1, 0.15) is 11.1 Å². The van der Waals surface area contributed by atoms with E-state index in [4.69, 9.17) is 22.7 Å². The molecule has 0 amide bonds. The fraction of sp³-hybridized carbons (Fsp3) is 0.0769. The number of benzene rings is 1. The largest absolute Gasteiger partial charge is 0.455 e. The van der Waals surface area contributed by atoms with E-state index in [2.05, 4.69) is 20.9 Å². The summed E-state index contributed by atoms with van der Waals surface area (Å²) in [4.78, 5) is 4.35. The summed E-state index contributed by atoms with van der Waals surface area (Å²) < 4.78 is 6.60. The van der Waals surface area contributed by atoms with Gasteiger partial charge in [0.15, 0.2) is 0 Å². The van der Waals surface area contributed by atoms with E-state index in [1.54, 1.807) is 12.4 Å². The fourth-order valence-electron chi connectivity index (χ4n) is 1.50. The average Bonchev–Trinajstić information content (AvgIpc) is 2.31. The number of halogens is 1. The van der Waals surface area contributed by atoms with Crippen molar-refractivity contribution in [2.24, 2.45) is 5.73 Å². The third kappa shape index (κ3) is 3.05. The molecule has 0 saturated heterocycles. The second-order valence-corrected chi connectivity index (χ2v) is 5.16. The van der Waals surface area contributed by atoms with Crippen LogP contribution in [0.3, 0.4) is 0 Å². The molecule has 0 saturated carbocycles. The molecule has 92 valence electrons. The monoisotopic (exact) mass is 322 g/mol. The molecule has 0 aliphatic carbocycles. The highest BCUT2D eigenvalue weighted by Crippen LogP contribution is 2.27. The van der Waals surface area contributed by atoms with Gasteiger partial charge in [-0.3, -0.25) is 4.98 Å². The maximum atomic E-state index is 5.75. The van der Waals surface area contributed by atoms with Crippen LogP contribution in [0.4, 0.5) is 0 Å². The molecule has 2 N–H and O–H groups in total. The fourth-order valence-corrected chi connectivity index (χ4v) is 2.00. The average molecular weight is 323 g/mol. The van der Waals surface area contributed by atoms with E-state index in [1.807, 2.05) is 31.2 Å². The molecule has 5 heteroatoms. The topological polar surface area (TPSA) is 48.1 Å². The number of rotatable bonds is 3. The molecular weight excluding hydrogens is 312 g/mol. The molecule has 1 heterocycles. The summed E-state index contributed by atoms with van der Waals surface area (Å²) in [5.74, 6) is 1.26. The van der Waals surface area contributed by atoms with Gasteiger partial charge >= 0.3 is 0 Å². The zero-order valence-electron chi connectivity index (χ0n) is 9.68. The predicted octanol–water partition coefficient (Wildman–Crippen LogP) is 3.58. The Morgan fingerprint density at radius 1 is 1.33 bits per heavy atom. The van der Waals surface area contributed by atoms with E-state index in [-0.39, 0.29) is 0 Å². The van der Waals surface area contributed by atoms with E-state index in [0.29, 0.717) is 16.5 Å². The first-order chi connectivity index (χ1) is 8.56. The molecule has 0 aliphatic rings. The summed E-state index contributed by atoms with van der Waals surface area (Å²) in [5, 5.41) is 0. The Hall–Kier alpha value is -1.46. The molecule has 0 spiro atoms. The Balaban J connectivity index is 2.37. The number of ether oxygens (including phenoxy) is 1. The Kier molecular flexibility index (Phi) is 3.93. The van der Waals surface area contributed by atoms with Gasteiger partial charge in [0.1, 0.15) is 16.5 Å². The van der Waals surface area contributed by atoms with Crippen molar-refractivity contribution in [3.63, 3.8) is 0 Å². The van der Waals surface area contributed by atoms with Gasteiger partial charge in [0.25, 0.3) is 0 Å². The normalized spacial score (nSPS) is 10.1. The van der Waals surface area contributed by atoms with Crippen LogP contribution in [0.5, 0.6) is 11.5 Å². The highest BCUT2D eigenvalue weighted by molar-refractivity contribution is 9.10. The Bertz CT molecular complexity index is 601. The minimum atomic E-state index is 0.316. The third-order valence-corrected chi connectivity index (χ3v) is 2.96. The van der Waals surface area contributed by atoms with Crippen LogP contribution in [-0.2, 0) is 0 Å². The van der Waals surface area contributed by atoms with Gasteiger partial charge in [0.2, 0.25) is 0 Å². The van der Waals surface area contributed by atoms with E-state index in [0.717, 1.165) is 15.6 Å². The first kappa shape index (κ1) is 13.0. The van der Waals surface area contributed by atoms with Crippen LogP contribution in [0, 0.1) is 6.92 Å². The number of thiocarbonyl (C=S) groups is 1. The molecule has 2 aromatic rings. The quantitative estimate of drug-likeness (QED) is 0.877. The van der Waals surface area contributed by atoms with Crippen molar-refractivity contribution < 1.29 is 4.74 Å². The van der Waals surface area contributed by atoms with Crippen LogP contribution in [-0.4, -0.2) is 9.97 Å². The number of hydrogen-bond acceptors (Lipinski definition) is 3. The molecule has 0 bridgehead atoms. The van der Waals surface area contributed by atoms with Gasteiger partial charge in [-0.15, -0.1) is 0 Å². The number of aryl methyl sites for hydroxylation is 1. The smallest absolute Gasteiger partial charge is 0.146 e. The first-order valence-corrected chi connectivity index (χ1v) is 6.45. The molecule has 0 radical (unpaired) electrons. The summed E-state index contributed by atoms with van der Waals surface area (Å²) >= 11 is 8.37. The number of pyridine rings is 1. The lowest BCUT2D eigenvalue weighted by Gasteiger charge is -2.11. The van der Waals surface area contributed by atoms with Gasteiger partial charge < -0.3 is 10.5 Å². The van der Waals surface area contributed by atoms with Crippen LogP contribution < -0.4 is 10.5 Å². The third-order valence-electron chi connectivity index (χ3n) is 2.31. The van der Waals surface area contributed by atoms with Crippen molar-refractivity contribution in [2.45, 2.75) is 6.92 Å². The molecule has 0 atom stereocenters. The second-order valence-electron chi connectivity index (χ2n) is 3.80. The summed E-state index contributed by atoms with van der Waals surface area (Å²) in [7, 11) is 0. The minimum absolute atomic E-state index is 0.316. The van der Waals surface area contributed by atoms with Crippen molar-refractivity contribution in [1.82, 2.24) is 4.98 Å². The molecule has 0 aliphatic heterocycles. The van der Waals surface area contributed by atoms with E-state index in [1.165, 1.54) is 0 Å². The van der Waals surface area contributed by atoms with Crippen LogP contribution in [0.25, 0.3) is 0 Å². The molecule has 1 aromatic heterocycles. The van der Waals surface area contributed by atoms with E-state index >= 15 is 0 Å². The molecular formula is C13H11BrN2OS. The maximum absolute atomic E-state index is 5.75.